The molecule has 0 fully saturated rings. The highest BCUT2D eigenvalue weighted by atomic mass is 35.5. The average Bonchev–Trinajstić information content (AvgIpc) is 3.13. The van der Waals surface area contributed by atoms with Gasteiger partial charge < -0.3 is 9.57 Å². The van der Waals surface area contributed by atoms with Gasteiger partial charge in [-0.25, -0.2) is 4.79 Å². The lowest BCUT2D eigenvalue weighted by Crippen LogP contribution is -2.43. The second-order valence-electron chi connectivity index (χ2n) is 6.27. The predicted octanol–water partition coefficient (Wildman–Crippen LogP) is 5.27. The number of nitrogens with zero attached hydrogens (tertiary/aromatic N) is 2. The SMILES string of the molecule is COC(=O)c1ccc(C2(C(F)(F)F)CC(c3cc(Cl)cc(Cl)c3)=NO2)c([N+](=O)[O-])c1. The topological polar surface area (TPSA) is 91.0 Å². The highest BCUT2D eigenvalue weighted by Crippen LogP contribution is 2.51. The number of alkyl halides is 3. The van der Waals surface area contributed by atoms with Crippen molar-refractivity contribution in [2.75, 3.05) is 7.11 Å². The van der Waals surface area contributed by atoms with Gasteiger partial charge in [0.15, 0.2) is 0 Å². The van der Waals surface area contributed by atoms with Crippen molar-refractivity contribution < 1.29 is 32.5 Å². The summed E-state index contributed by atoms with van der Waals surface area (Å²) in [7, 11) is 1.04. The fourth-order valence-electron chi connectivity index (χ4n) is 3.03. The first kappa shape index (κ1) is 21.8. The lowest BCUT2D eigenvalue weighted by Gasteiger charge is -2.29. The summed E-state index contributed by atoms with van der Waals surface area (Å²) in [5, 5.41) is 15.4. The van der Waals surface area contributed by atoms with Gasteiger partial charge in [0.1, 0.15) is 0 Å². The Labute approximate surface area is 177 Å². The molecule has 0 aliphatic carbocycles. The van der Waals surface area contributed by atoms with E-state index in [2.05, 4.69) is 9.89 Å². The van der Waals surface area contributed by atoms with Crippen LogP contribution >= 0.6 is 23.2 Å². The third kappa shape index (κ3) is 3.80. The number of carbonyl (C=O) groups excluding carboxylic acids is 1. The van der Waals surface area contributed by atoms with Crippen LogP contribution in [0.1, 0.15) is 27.9 Å². The van der Waals surface area contributed by atoms with Crippen LogP contribution in [0.25, 0.3) is 0 Å². The van der Waals surface area contributed by atoms with E-state index in [0.29, 0.717) is 6.07 Å². The minimum Gasteiger partial charge on any atom is -0.465 e. The first-order valence-electron chi connectivity index (χ1n) is 8.14. The smallest absolute Gasteiger partial charge is 0.436 e. The molecule has 30 heavy (non-hydrogen) atoms. The Morgan fingerprint density at radius 3 is 2.40 bits per heavy atom. The predicted molar refractivity (Wildman–Crippen MR) is 101 cm³/mol. The fourth-order valence-corrected chi connectivity index (χ4v) is 3.55. The molecule has 0 bridgehead atoms. The minimum atomic E-state index is -5.09. The Kier molecular flexibility index (Phi) is 5.66. The Balaban J connectivity index is 2.13. The lowest BCUT2D eigenvalue weighted by molar-refractivity contribution is -0.389. The van der Waals surface area contributed by atoms with Crippen LogP contribution in [0.5, 0.6) is 0 Å². The molecular formula is C18H11Cl2F3N2O5. The van der Waals surface area contributed by atoms with E-state index in [0.717, 1.165) is 19.2 Å². The van der Waals surface area contributed by atoms with Gasteiger partial charge in [0.25, 0.3) is 11.3 Å². The molecule has 3 rings (SSSR count). The van der Waals surface area contributed by atoms with E-state index in [1.54, 1.807) is 0 Å². The summed E-state index contributed by atoms with van der Waals surface area (Å²) in [6.07, 6.45) is -5.95. The van der Waals surface area contributed by atoms with Crippen LogP contribution in [0.4, 0.5) is 18.9 Å². The van der Waals surface area contributed by atoms with Crippen molar-refractivity contribution in [1.82, 2.24) is 0 Å². The summed E-state index contributed by atoms with van der Waals surface area (Å²) in [5.74, 6) is -0.941. The summed E-state index contributed by atoms with van der Waals surface area (Å²) in [4.78, 5) is 26.9. The van der Waals surface area contributed by atoms with Gasteiger partial charge in [-0.2, -0.15) is 13.2 Å². The summed E-state index contributed by atoms with van der Waals surface area (Å²) >= 11 is 11.8. The highest BCUT2D eigenvalue weighted by molar-refractivity contribution is 6.35. The largest absolute Gasteiger partial charge is 0.465 e. The van der Waals surface area contributed by atoms with Crippen molar-refractivity contribution in [2.24, 2.45) is 5.16 Å². The van der Waals surface area contributed by atoms with Gasteiger partial charge >= 0.3 is 12.1 Å². The van der Waals surface area contributed by atoms with Crippen molar-refractivity contribution in [3.05, 3.63) is 73.2 Å². The normalized spacial score (nSPS) is 18.5. The van der Waals surface area contributed by atoms with Gasteiger partial charge in [0, 0.05) is 21.7 Å². The summed E-state index contributed by atoms with van der Waals surface area (Å²) < 4.78 is 46.9. The molecule has 12 heteroatoms. The number of ether oxygens (including phenoxy) is 1. The number of benzene rings is 2. The number of oxime groups is 1. The maximum absolute atomic E-state index is 14.2. The Morgan fingerprint density at radius 1 is 1.23 bits per heavy atom. The van der Waals surface area contributed by atoms with E-state index in [1.165, 1.54) is 18.2 Å². The maximum Gasteiger partial charge on any atom is 0.436 e. The second-order valence-corrected chi connectivity index (χ2v) is 7.14. The molecule has 7 nitrogen and oxygen atoms in total. The summed E-state index contributed by atoms with van der Waals surface area (Å²) in [6.45, 7) is 0. The molecule has 2 aromatic carbocycles. The molecule has 158 valence electrons. The molecule has 0 spiro atoms. The van der Waals surface area contributed by atoms with E-state index < -0.39 is 40.3 Å². The molecule has 0 saturated heterocycles. The van der Waals surface area contributed by atoms with Crippen LogP contribution in [0.2, 0.25) is 10.0 Å². The molecule has 0 saturated carbocycles. The first-order chi connectivity index (χ1) is 14.0. The standard InChI is InChI=1S/C18H11Cl2F3N2O5/c1-29-16(26)9-2-3-13(15(6-9)25(27)28)17(18(21,22)23)8-14(24-30-17)10-4-11(19)7-12(20)5-10/h2-7H,8H2,1H3. The minimum absolute atomic E-state index is 0.150. The molecule has 2 aromatic rings. The quantitative estimate of drug-likeness (QED) is 0.350. The zero-order valence-corrected chi connectivity index (χ0v) is 16.5. The summed E-state index contributed by atoms with van der Waals surface area (Å²) in [6, 6.07) is 6.57. The van der Waals surface area contributed by atoms with Gasteiger partial charge in [-0.3, -0.25) is 10.1 Å². The monoisotopic (exact) mass is 462 g/mol. The van der Waals surface area contributed by atoms with Gasteiger partial charge in [-0.15, -0.1) is 0 Å². The molecule has 1 aliphatic rings. The third-order valence-electron chi connectivity index (χ3n) is 4.43. The van der Waals surface area contributed by atoms with Crippen LogP contribution in [-0.4, -0.2) is 29.9 Å². The molecule has 0 aromatic heterocycles. The average molecular weight is 463 g/mol. The van der Waals surface area contributed by atoms with Gasteiger partial charge in [0.05, 0.1) is 35.3 Å². The van der Waals surface area contributed by atoms with E-state index in [9.17, 15) is 28.1 Å². The molecule has 1 atom stereocenters. The number of halogens is 5. The van der Waals surface area contributed by atoms with Crippen LogP contribution < -0.4 is 0 Å². The number of nitro groups is 1. The first-order valence-corrected chi connectivity index (χ1v) is 8.89. The summed E-state index contributed by atoms with van der Waals surface area (Å²) in [5.41, 5.74) is -5.18. The molecule has 1 unspecified atom stereocenters. The van der Waals surface area contributed by atoms with Gasteiger partial charge in [-0.05, 0) is 30.3 Å². The Hall–Kier alpha value is -2.85. The van der Waals surface area contributed by atoms with E-state index in [1.807, 2.05) is 0 Å². The maximum atomic E-state index is 14.2. The van der Waals surface area contributed by atoms with Crippen LogP contribution in [0.3, 0.4) is 0 Å². The van der Waals surface area contributed by atoms with Crippen molar-refractivity contribution in [1.29, 1.82) is 0 Å². The highest BCUT2D eigenvalue weighted by Gasteiger charge is 2.64. The Bertz CT molecular complexity index is 1050. The number of nitro benzene ring substituents is 1. The zero-order chi connectivity index (χ0) is 22.3. The van der Waals surface area contributed by atoms with Crippen molar-refractivity contribution in [3.63, 3.8) is 0 Å². The van der Waals surface area contributed by atoms with Crippen molar-refractivity contribution in [2.45, 2.75) is 18.2 Å². The number of rotatable bonds is 4. The van der Waals surface area contributed by atoms with E-state index >= 15 is 0 Å². The molecule has 1 heterocycles. The van der Waals surface area contributed by atoms with Crippen molar-refractivity contribution in [3.8, 4) is 0 Å². The Morgan fingerprint density at radius 2 is 1.87 bits per heavy atom. The zero-order valence-electron chi connectivity index (χ0n) is 15.0. The van der Waals surface area contributed by atoms with Crippen molar-refractivity contribution >= 4 is 40.6 Å². The molecule has 0 radical (unpaired) electrons. The van der Waals surface area contributed by atoms with Crippen LogP contribution in [0.15, 0.2) is 41.6 Å². The number of methoxy groups -OCH3 is 1. The number of hydrogen-bond donors (Lipinski definition) is 0. The second kappa shape index (κ2) is 7.77. The van der Waals surface area contributed by atoms with Crippen LogP contribution in [0, 0.1) is 10.1 Å². The fraction of sp³-hybridized carbons (Fsp3) is 0.222. The third-order valence-corrected chi connectivity index (χ3v) is 4.87. The van der Waals surface area contributed by atoms with E-state index in [4.69, 9.17) is 28.0 Å². The van der Waals surface area contributed by atoms with Gasteiger partial charge in [-0.1, -0.05) is 28.4 Å². The molecule has 0 N–H and O–H groups in total. The molecular weight excluding hydrogens is 452 g/mol. The number of carbonyl (C=O) groups is 1. The number of hydrogen-bond acceptors (Lipinski definition) is 6. The number of esters is 1. The molecule has 1 aliphatic heterocycles. The van der Waals surface area contributed by atoms with E-state index in [-0.39, 0.29) is 26.9 Å². The van der Waals surface area contributed by atoms with Crippen LogP contribution in [-0.2, 0) is 15.2 Å². The lowest BCUT2D eigenvalue weighted by atomic mass is 9.85. The molecule has 0 amide bonds. The van der Waals surface area contributed by atoms with Gasteiger partial charge in [0.2, 0.25) is 0 Å².